The number of hydrogen-bond acceptors (Lipinski definition) is 5. The molecule has 0 bridgehead atoms. The molecular formula is C10H10N4O2. The van der Waals surface area contributed by atoms with Crippen LogP contribution in [0.25, 0.3) is 11.4 Å². The van der Waals surface area contributed by atoms with Gasteiger partial charge in [0.05, 0.1) is 12.3 Å². The van der Waals surface area contributed by atoms with Crippen molar-refractivity contribution in [3.8, 4) is 11.4 Å². The first-order valence-electron chi connectivity index (χ1n) is 4.82. The topological polar surface area (TPSA) is 80.8 Å². The van der Waals surface area contributed by atoms with E-state index in [0.717, 1.165) is 0 Å². The fourth-order valence-corrected chi connectivity index (χ4v) is 1.25. The molecule has 6 nitrogen and oxygen atoms in total. The lowest BCUT2D eigenvalue weighted by Gasteiger charge is -1.99. The van der Waals surface area contributed by atoms with Crippen molar-refractivity contribution in [2.75, 3.05) is 6.61 Å². The van der Waals surface area contributed by atoms with E-state index >= 15 is 0 Å². The molecule has 0 aliphatic rings. The number of pyridine rings is 1. The van der Waals surface area contributed by atoms with Crippen molar-refractivity contribution in [3.63, 3.8) is 0 Å². The zero-order valence-electron chi connectivity index (χ0n) is 8.67. The Bertz CT molecular complexity index is 481. The lowest BCUT2D eigenvalue weighted by atomic mass is 10.2. The Labute approximate surface area is 91.7 Å². The fraction of sp³-hybridized carbons (Fsp3) is 0.200. The number of ether oxygens (including phenoxy) is 1. The van der Waals surface area contributed by atoms with Crippen molar-refractivity contribution in [1.82, 2.24) is 20.4 Å². The molecule has 6 heteroatoms. The van der Waals surface area contributed by atoms with E-state index in [1.807, 2.05) is 6.07 Å². The fourth-order valence-electron chi connectivity index (χ4n) is 1.25. The largest absolute Gasteiger partial charge is 0.461 e. The van der Waals surface area contributed by atoms with E-state index in [9.17, 15) is 4.79 Å². The number of carbonyl (C=O) groups excluding carboxylic acids is 1. The highest BCUT2D eigenvalue weighted by atomic mass is 16.5. The average Bonchev–Trinajstić information content (AvgIpc) is 2.79. The van der Waals surface area contributed by atoms with Crippen LogP contribution in [0.2, 0.25) is 0 Å². The number of aromatic nitrogens is 4. The minimum Gasteiger partial charge on any atom is -0.461 e. The second-order valence-corrected chi connectivity index (χ2v) is 2.96. The molecule has 1 N–H and O–H groups in total. The highest BCUT2D eigenvalue weighted by Gasteiger charge is 2.19. The Morgan fingerprint density at radius 2 is 2.31 bits per heavy atom. The zero-order chi connectivity index (χ0) is 11.4. The quantitative estimate of drug-likeness (QED) is 0.778. The average molecular weight is 218 g/mol. The number of carbonyl (C=O) groups is 1. The summed E-state index contributed by atoms with van der Waals surface area (Å²) in [6, 6.07) is 5.35. The maximum Gasteiger partial charge on any atom is 0.361 e. The smallest absolute Gasteiger partial charge is 0.361 e. The Morgan fingerprint density at radius 1 is 1.44 bits per heavy atom. The van der Waals surface area contributed by atoms with E-state index in [1.165, 1.54) is 0 Å². The van der Waals surface area contributed by atoms with Crippen LogP contribution in [0.3, 0.4) is 0 Å². The molecule has 0 fully saturated rings. The van der Waals surface area contributed by atoms with Gasteiger partial charge in [0.15, 0.2) is 5.69 Å². The van der Waals surface area contributed by atoms with Gasteiger partial charge in [-0.2, -0.15) is 10.3 Å². The van der Waals surface area contributed by atoms with Crippen LogP contribution in [0.15, 0.2) is 24.4 Å². The molecular weight excluding hydrogens is 208 g/mol. The van der Waals surface area contributed by atoms with E-state index in [-0.39, 0.29) is 5.69 Å². The summed E-state index contributed by atoms with van der Waals surface area (Å²) in [6.45, 7) is 2.03. The zero-order valence-corrected chi connectivity index (χ0v) is 8.67. The molecule has 16 heavy (non-hydrogen) atoms. The van der Waals surface area contributed by atoms with Crippen molar-refractivity contribution < 1.29 is 9.53 Å². The summed E-state index contributed by atoms with van der Waals surface area (Å²) >= 11 is 0. The van der Waals surface area contributed by atoms with E-state index in [0.29, 0.717) is 18.0 Å². The van der Waals surface area contributed by atoms with Gasteiger partial charge in [0.1, 0.15) is 5.69 Å². The van der Waals surface area contributed by atoms with Gasteiger partial charge < -0.3 is 4.74 Å². The Kier molecular flexibility index (Phi) is 2.90. The molecule has 82 valence electrons. The number of aromatic amines is 1. The molecule has 2 heterocycles. The summed E-state index contributed by atoms with van der Waals surface area (Å²) in [5.41, 5.74) is 1.14. The molecule has 0 amide bonds. The van der Waals surface area contributed by atoms with Crippen molar-refractivity contribution in [2.24, 2.45) is 0 Å². The molecule has 0 aliphatic carbocycles. The van der Waals surface area contributed by atoms with Crippen LogP contribution >= 0.6 is 0 Å². The Morgan fingerprint density at radius 3 is 3.00 bits per heavy atom. The third-order valence-electron chi connectivity index (χ3n) is 1.92. The second kappa shape index (κ2) is 4.52. The summed E-state index contributed by atoms with van der Waals surface area (Å²) in [5.74, 6) is -0.503. The second-order valence-electron chi connectivity index (χ2n) is 2.96. The van der Waals surface area contributed by atoms with E-state index in [4.69, 9.17) is 4.74 Å². The van der Waals surface area contributed by atoms with Crippen LogP contribution in [0.1, 0.15) is 17.4 Å². The van der Waals surface area contributed by atoms with Crippen LogP contribution in [0.4, 0.5) is 0 Å². The van der Waals surface area contributed by atoms with Gasteiger partial charge >= 0.3 is 5.97 Å². The number of hydrogen-bond donors (Lipinski definition) is 1. The summed E-state index contributed by atoms with van der Waals surface area (Å²) in [6.07, 6.45) is 1.62. The number of rotatable bonds is 3. The van der Waals surface area contributed by atoms with Crippen molar-refractivity contribution in [1.29, 1.82) is 0 Å². The van der Waals surface area contributed by atoms with Crippen LogP contribution in [0.5, 0.6) is 0 Å². The summed E-state index contributed by atoms with van der Waals surface area (Å²) in [4.78, 5) is 15.6. The number of nitrogens with zero attached hydrogens (tertiary/aromatic N) is 3. The van der Waals surface area contributed by atoms with Gasteiger partial charge in [0.25, 0.3) is 0 Å². The van der Waals surface area contributed by atoms with Gasteiger partial charge in [-0.05, 0) is 19.1 Å². The van der Waals surface area contributed by atoms with Gasteiger partial charge in [-0.25, -0.2) is 4.79 Å². The van der Waals surface area contributed by atoms with Gasteiger partial charge in [0.2, 0.25) is 0 Å². The van der Waals surface area contributed by atoms with Crippen molar-refractivity contribution >= 4 is 5.97 Å². The maximum atomic E-state index is 11.5. The van der Waals surface area contributed by atoms with Crippen molar-refractivity contribution in [2.45, 2.75) is 6.92 Å². The molecule has 0 radical (unpaired) electrons. The highest BCUT2D eigenvalue weighted by Crippen LogP contribution is 2.16. The van der Waals surface area contributed by atoms with E-state index in [2.05, 4.69) is 20.4 Å². The number of H-pyrrole nitrogens is 1. The normalized spacial score (nSPS) is 10.1. The van der Waals surface area contributed by atoms with Crippen molar-refractivity contribution in [3.05, 3.63) is 30.1 Å². The summed E-state index contributed by atoms with van der Waals surface area (Å²) in [5, 5.41) is 10.0. The third kappa shape index (κ3) is 1.90. The Balaban J connectivity index is 2.37. The molecule has 0 saturated heterocycles. The molecule has 0 aromatic carbocycles. The lowest BCUT2D eigenvalue weighted by molar-refractivity contribution is 0.0520. The lowest BCUT2D eigenvalue weighted by Crippen LogP contribution is -2.07. The standard InChI is InChI=1S/C10H10N4O2/c1-2-16-10(15)9-8(12-14-13-9)7-5-3-4-6-11-7/h3-6H,2H2,1H3,(H,12,13,14). The Hall–Kier alpha value is -2.24. The van der Waals surface area contributed by atoms with Crippen LogP contribution in [-0.2, 0) is 4.74 Å². The summed E-state index contributed by atoms with van der Waals surface area (Å²) < 4.78 is 4.86. The molecule has 0 spiro atoms. The van der Waals surface area contributed by atoms with Gasteiger partial charge in [-0.3, -0.25) is 4.98 Å². The molecule has 2 aromatic rings. The minimum atomic E-state index is -0.503. The van der Waals surface area contributed by atoms with Gasteiger partial charge in [0, 0.05) is 6.20 Å². The SMILES string of the molecule is CCOC(=O)c1n[nH]nc1-c1ccccn1. The van der Waals surface area contributed by atoms with Crippen LogP contribution in [0, 0.1) is 0 Å². The molecule has 0 aliphatic heterocycles. The number of nitrogens with one attached hydrogen (secondary N) is 1. The first kappa shape index (κ1) is 10.3. The van der Waals surface area contributed by atoms with Gasteiger partial charge in [-0.1, -0.05) is 6.07 Å². The summed E-state index contributed by atoms with van der Waals surface area (Å²) in [7, 11) is 0. The first-order valence-corrected chi connectivity index (χ1v) is 4.82. The van der Waals surface area contributed by atoms with Gasteiger partial charge in [-0.15, -0.1) is 5.10 Å². The highest BCUT2D eigenvalue weighted by molar-refractivity contribution is 5.93. The predicted molar refractivity (Wildman–Crippen MR) is 55.6 cm³/mol. The van der Waals surface area contributed by atoms with E-state index in [1.54, 1.807) is 25.3 Å². The van der Waals surface area contributed by atoms with E-state index < -0.39 is 5.97 Å². The predicted octanol–water partition coefficient (Wildman–Crippen LogP) is 1.04. The molecule has 2 rings (SSSR count). The van der Waals surface area contributed by atoms with Crippen LogP contribution < -0.4 is 0 Å². The monoisotopic (exact) mass is 218 g/mol. The maximum absolute atomic E-state index is 11.5. The minimum absolute atomic E-state index is 0.153. The van der Waals surface area contributed by atoms with Crippen LogP contribution in [-0.4, -0.2) is 33.0 Å². The molecule has 0 saturated carbocycles. The molecule has 0 atom stereocenters. The molecule has 0 unspecified atom stereocenters. The molecule has 2 aromatic heterocycles. The first-order chi connectivity index (χ1) is 7.83. The number of esters is 1. The third-order valence-corrected chi connectivity index (χ3v) is 1.92.